The number of anilines is 1. The first kappa shape index (κ1) is 19.3. The maximum absolute atomic E-state index is 13.3. The Morgan fingerprint density at radius 1 is 1.11 bits per heavy atom. The largest absolute Gasteiger partial charge is 0.378 e. The Labute approximate surface area is 170 Å². The molecule has 1 amide bonds. The number of rotatable bonds is 6. The van der Waals surface area contributed by atoms with Gasteiger partial charge < -0.3 is 14.5 Å². The van der Waals surface area contributed by atoms with Gasteiger partial charge in [-0.15, -0.1) is 10.2 Å². The Morgan fingerprint density at radius 3 is 2.50 bits per heavy atom. The lowest BCUT2D eigenvalue weighted by Crippen LogP contribution is -2.38. The van der Waals surface area contributed by atoms with Crippen LogP contribution in [-0.4, -0.2) is 65.0 Å². The molecule has 2 saturated heterocycles. The van der Waals surface area contributed by atoms with Crippen molar-refractivity contribution >= 4 is 23.6 Å². The number of morpholine rings is 1. The predicted molar refractivity (Wildman–Crippen MR) is 110 cm³/mol. The third kappa shape index (κ3) is 4.03. The molecule has 28 heavy (non-hydrogen) atoms. The van der Waals surface area contributed by atoms with Crippen molar-refractivity contribution in [2.24, 2.45) is 0 Å². The molecule has 1 atom stereocenters. The van der Waals surface area contributed by atoms with Crippen molar-refractivity contribution in [1.29, 1.82) is 0 Å². The Hall–Kier alpha value is -2.06. The van der Waals surface area contributed by atoms with Crippen molar-refractivity contribution in [2.75, 3.05) is 44.3 Å². The van der Waals surface area contributed by atoms with Gasteiger partial charge in [0.2, 0.25) is 11.9 Å². The van der Waals surface area contributed by atoms with Gasteiger partial charge in [-0.1, -0.05) is 42.1 Å². The van der Waals surface area contributed by atoms with E-state index in [0.717, 1.165) is 62.2 Å². The summed E-state index contributed by atoms with van der Waals surface area (Å²) < 4.78 is 7.57. The molecule has 0 aliphatic carbocycles. The Balaban J connectivity index is 1.61. The summed E-state index contributed by atoms with van der Waals surface area (Å²) >= 11 is 1.51. The number of ether oxygens (including phenoxy) is 1. The van der Waals surface area contributed by atoms with Gasteiger partial charge in [-0.05, 0) is 25.3 Å². The molecule has 0 saturated carbocycles. The van der Waals surface area contributed by atoms with Gasteiger partial charge in [0.15, 0.2) is 5.16 Å². The molecule has 2 aromatic rings. The average Bonchev–Trinajstić information content (AvgIpc) is 3.42. The van der Waals surface area contributed by atoms with Crippen LogP contribution in [-0.2, 0) is 16.1 Å². The van der Waals surface area contributed by atoms with Crippen LogP contribution >= 0.6 is 11.8 Å². The van der Waals surface area contributed by atoms with Crippen LogP contribution in [0.1, 0.15) is 30.6 Å². The van der Waals surface area contributed by atoms with Crippen molar-refractivity contribution < 1.29 is 9.53 Å². The molecule has 7 nitrogen and oxygen atoms in total. The highest BCUT2D eigenvalue weighted by atomic mass is 32.2. The second kappa shape index (κ2) is 8.96. The van der Waals surface area contributed by atoms with Crippen LogP contribution in [0.2, 0.25) is 0 Å². The minimum Gasteiger partial charge on any atom is -0.378 e. The lowest BCUT2D eigenvalue weighted by molar-refractivity contribution is -0.129. The highest BCUT2D eigenvalue weighted by Crippen LogP contribution is 2.37. The molecule has 0 bridgehead atoms. The van der Waals surface area contributed by atoms with Crippen LogP contribution in [0, 0.1) is 0 Å². The van der Waals surface area contributed by atoms with E-state index in [1.807, 2.05) is 35.2 Å². The minimum atomic E-state index is -0.300. The van der Waals surface area contributed by atoms with Gasteiger partial charge in [0.1, 0.15) is 5.25 Å². The zero-order valence-corrected chi connectivity index (χ0v) is 17.1. The van der Waals surface area contributed by atoms with E-state index in [0.29, 0.717) is 13.2 Å². The summed E-state index contributed by atoms with van der Waals surface area (Å²) in [5, 5.41) is 9.41. The molecule has 3 heterocycles. The van der Waals surface area contributed by atoms with Crippen LogP contribution in [0.3, 0.4) is 0 Å². The van der Waals surface area contributed by atoms with Gasteiger partial charge in [0.25, 0.3) is 0 Å². The van der Waals surface area contributed by atoms with Crippen molar-refractivity contribution in [3.05, 3.63) is 35.9 Å². The molecule has 0 unspecified atom stereocenters. The summed E-state index contributed by atoms with van der Waals surface area (Å²) in [5.41, 5.74) is 1.02. The molecule has 2 aliphatic rings. The van der Waals surface area contributed by atoms with Gasteiger partial charge >= 0.3 is 0 Å². The predicted octanol–water partition coefficient (Wildman–Crippen LogP) is 2.59. The van der Waals surface area contributed by atoms with E-state index in [4.69, 9.17) is 4.74 Å². The van der Waals surface area contributed by atoms with Gasteiger partial charge in [0, 0.05) is 32.7 Å². The zero-order chi connectivity index (χ0) is 19.3. The van der Waals surface area contributed by atoms with Gasteiger partial charge in [-0.25, -0.2) is 0 Å². The molecule has 1 aromatic heterocycles. The van der Waals surface area contributed by atoms with Crippen LogP contribution in [0.15, 0.2) is 35.5 Å². The van der Waals surface area contributed by atoms with E-state index in [-0.39, 0.29) is 11.2 Å². The lowest BCUT2D eigenvalue weighted by Gasteiger charge is -2.28. The number of carbonyl (C=O) groups excluding carboxylic acids is 1. The number of thioether (sulfide) groups is 1. The summed E-state index contributed by atoms with van der Waals surface area (Å²) in [7, 11) is 0. The SMILES string of the molecule is CCn1c(S[C@H](C(=O)N2CCCC2)c2ccccc2)nnc1N1CCOCC1. The monoisotopic (exact) mass is 401 g/mol. The fourth-order valence-corrected chi connectivity index (χ4v) is 4.92. The normalized spacial score (nSPS) is 18.5. The molecule has 0 spiro atoms. The first-order valence-electron chi connectivity index (χ1n) is 10.0. The smallest absolute Gasteiger partial charge is 0.240 e. The molecule has 2 fully saturated rings. The standard InChI is InChI=1S/C20H27N5O2S/c1-2-25-19(24-12-14-27-15-13-24)21-22-20(25)28-17(16-8-4-3-5-9-16)18(26)23-10-6-7-11-23/h3-5,8-9,17H,2,6-7,10-15H2,1H3/t17-/m0/s1. The van der Waals surface area contributed by atoms with E-state index >= 15 is 0 Å². The van der Waals surface area contributed by atoms with Crippen molar-refractivity contribution in [3.8, 4) is 0 Å². The Morgan fingerprint density at radius 2 is 1.82 bits per heavy atom. The number of hydrogen-bond acceptors (Lipinski definition) is 6. The molecule has 4 rings (SSSR count). The van der Waals surface area contributed by atoms with Gasteiger partial charge in [-0.3, -0.25) is 9.36 Å². The van der Waals surface area contributed by atoms with Crippen molar-refractivity contribution in [2.45, 2.75) is 36.7 Å². The molecule has 150 valence electrons. The molecule has 2 aliphatic heterocycles. The van der Waals surface area contributed by atoms with Crippen LogP contribution in [0.25, 0.3) is 0 Å². The number of aromatic nitrogens is 3. The summed E-state index contributed by atoms with van der Waals surface area (Å²) in [5.74, 6) is 1.04. The highest BCUT2D eigenvalue weighted by Gasteiger charge is 2.31. The van der Waals surface area contributed by atoms with E-state index < -0.39 is 0 Å². The van der Waals surface area contributed by atoms with Crippen molar-refractivity contribution in [3.63, 3.8) is 0 Å². The maximum Gasteiger partial charge on any atom is 0.240 e. The fraction of sp³-hybridized carbons (Fsp3) is 0.550. The number of amides is 1. The molecular formula is C20H27N5O2S. The number of carbonyl (C=O) groups is 1. The molecule has 0 N–H and O–H groups in total. The van der Waals surface area contributed by atoms with E-state index in [1.54, 1.807) is 0 Å². The molecule has 1 aromatic carbocycles. The summed E-state index contributed by atoms with van der Waals surface area (Å²) in [6, 6.07) is 10.0. The number of likely N-dealkylation sites (tertiary alicyclic amines) is 1. The van der Waals surface area contributed by atoms with Crippen LogP contribution in [0.5, 0.6) is 0 Å². The number of nitrogens with zero attached hydrogens (tertiary/aromatic N) is 5. The van der Waals surface area contributed by atoms with E-state index in [1.165, 1.54) is 11.8 Å². The Bertz CT molecular complexity index is 785. The summed E-state index contributed by atoms with van der Waals surface area (Å²) in [6.07, 6.45) is 2.18. The fourth-order valence-electron chi connectivity index (χ4n) is 3.74. The van der Waals surface area contributed by atoms with Gasteiger partial charge in [0.05, 0.1) is 13.2 Å². The first-order chi connectivity index (χ1) is 13.8. The van der Waals surface area contributed by atoms with E-state index in [9.17, 15) is 4.79 Å². The van der Waals surface area contributed by atoms with Crippen LogP contribution < -0.4 is 4.90 Å². The third-order valence-electron chi connectivity index (χ3n) is 5.28. The first-order valence-corrected chi connectivity index (χ1v) is 10.9. The molecular weight excluding hydrogens is 374 g/mol. The van der Waals surface area contributed by atoms with Gasteiger partial charge in [-0.2, -0.15) is 0 Å². The summed E-state index contributed by atoms with van der Waals surface area (Å²) in [4.78, 5) is 17.5. The van der Waals surface area contributed by atoms with Crippen LogP contribution in [0.4, 0.5) is 5.95 Å². The second-order valence-corrected chi connectivity index (χ2v) is 8.14. The second-order valence-electron chi connectivity index (χ2n) is 7.07. The maximum atomic E-state index is 13.3. The average molecular weight is 402 g/mol. The minimum absolute atomic E-state index is 0.173. The van der Waals surface area contributed by atoms with Crippen molar-refractivity contribution in [1.82, 2.24) is 19.7 Å². The quantitative estimate of drug-likeness (QED) is 0.694. The van der Waals surface area contributed by atoms with E-state index in [2.05, 4.69) is 26.6 Å². The highest BCUT2D eigenvalue weighted by molar-refractivity contribution is 8.00. The summed E-state index contributed by atoms with van der Waals surface area (Å²) in [6.45, 7) is 7.61. The Kier molecular flexibility index (Phi) is 6.17. The number of benzene rings is 1. The third-order valence-corrected chi connectivity index (χ3v) is 6.50. The topological polar surface area (TPSA) is 63.5 Å². The number of hydrogen-bond donors (Lipinski definition) is 0. The molecule has 0 radical (unpaired) electrons. The molecule has 8 heteroatoms. The zero-order valence-electron chi connectivity index (χ0n) is 16.3. The lowest BCUT2D eigenvalue weighted by atomic mass is 10.1.